The maximum atomic E-state index is 11.0. The molecule has 0 radical (unpaired) electrons. The third kappa shape index (κ3) is 3.11. The SMILES string of the molecule is CCC(C#Cc1ccc2[nH]c(C(=O)O)cc2c1)c1ccccc1O. The molecule has 0 saturated carbocycles. The average Bonchev–Trinajstić information content (AvgIpc) is 3.00. The van der Waals surface area contributed by atoms with Crippen molar-refractivity contribution in [1.82, 2.24) is 4.98 Å². The van der Waals surface area contributed by atoms with Crippen LogP contribution < -0.4 is 0 Å². The summed E-state index contributed by atoms with van der Waals surface area (Å²) < 4.78 is 0. The molecule has 1 heterocycles. The number of phenolic OH excluding ortho intramolecular Hbond substituents is 1. The molecule has 1 aromatic heterocycles. The summed E-state index contributed by atoms with van der Waals surface area (Å²) >= 11 is 0. The first-order valence-corrected chi connectivity index (χ1v) is 7.74. The Kier molecular flexibility index (Phi) is 4.26. The summed E-state index contributed by atoms with van der Waals surface area (Å²) in [5.41, 5.74) is 2.57. The Morgan fingerprint density at radius 1 is 1.21 bits per heavy atom. The molecule has 3 aromatic rings. The van der Waals surface area contributed by atoms with Gasteiger partial charge in [-0.05, 0) is 36.8 Å². The lowest BCUT2D eigenvalue weighted by Crippen LogP contribution is -1.94. The van der Waals surface area contributed by atoms with Gasteiger partial charge in [0.15, 0.2) is 0 Å². The maximum absolute atomic E-state index is 11.0. The molecule has 0 spiro atoms. The van der Waals surface area contributed by atoms with Crippen molar-refractivity contribution in [3.63, 3.8) is 0 Å². The highest BCUT2D eigenvalue weighted by molar-refractivity contribution is 5.94. The zero-order valence-corrected chi connectivity index (χ0v) is 13.2. The second-order valence-corrected chi connectivity index (χ2v) is 5.58. The number of benzene rings is 2. The monoisotopic (exact) mass is 319 g/mol. The fraction of sp³-hybridized carbons (Fsp3) is 0.150. The van der Waals surface area contributed by atoms with Crippen molar-refractivity contribution in [2.45, 2.75) is 19.3 Å². The van der Waals surface area contributed by atoms with Gasteiger partial charge in [-0.1, -0.05) is 37.0 Å². The van der Waals surface area contributed by atoms with Crippen LogP contribution in [0.15, 0.2) is 48.5 Å². The molecular weight excluding hydrogens is 302 g/mol. The van der Waals surface area contributed by atoms with Crippen LogP contribution >= 0.6 is 0 Å². The Balaban J connectivity index is 1.93. The number of hydrogen-bond donors (Lipinski definition) is 3. The van der Waals surface area contributed by atoms with Crippen LogP contribution in [0.4, 0.5) is 0 Å². The lowest BCUT2D eigenvalue weighted by Gasteiger charge is -2.09. The standard InChI is InChI=1S/C20H17NO3/c1-2-14(16-5-3-4-6-19(16)22)9-7-13-8-10-17-15(11-13)12-18(21-17)20(23)24/h3-6,8,10-12,14,21-22H,2H2,1H3,(H,23,24). The van der Waals surface area contributed by atoms with Crippen LogP contribution in [0, 0.1) is 11.8 Å². The average molecular weight is 319 g/mol. The van der Waals surface area contributed by atoms with Gasteiger partial charge in [-0.15, -0.1) is 0 Å². The van der Waals surface area contributed by atoms with Crippen LogP contribution in [0.25, 0.3) is 10.9 Å². The first kappa shape index (κ1) is 15.7. The van der Waals surface area contributed by atoms with E-state index < -0.39 is 5.97 Å². The topological polar surface area (TPSA) is 73.3 Å². The summed E-state index contributed by atoms with van der Waals surface area (Å²) in [5.74, 6) is 5.55. The molecule has 1 unspecified atom stereocenters. The molecule has 0 aliphatic carbocycles. The minimum Gasteiger partial charge on any atom is -0.508 e. The lowest BCUT2D eigenvalue weighted by molar-refractivity contribution is 0.0691. The van der Waals surface area contributed by atoms with E-state index in [4.69, 9.17) is 5.11 Å². The van der Waals surface area contributed by atoms with Crippen LogP contribution in [0.3, 0.4) is 0 Å². The molecule has 0 aliphatic rings. The van der Waals surface area contributed by atoms with Crippen LogP contribution in [-0.4, -0.2) is 21.2 Å². The van der Waals surface area contributed by atoms with Crippen LogP contribution in [0.2, 0.25) is 0 Å². The highest BCUT2D eigenvalue weighted by atomic mass is 16.4. The van der Waals surface area contributed by atoms with Gasteiger partial charge in [0.05, 0.1) is 0 Å². The predicted octanol–water partition coefficient (Wildman–Crippen LogP) is 4.12. The Morgan fingerprint density at radius 3 is 2.71 bits per heavy atom. The largest absolute Gasteiger partial charge is 0.508 e. The van der Waals surface area contributed by atoms with Gasteiger partial charge in [0.25, 0.3) is 0 Å². The van der Waals surface area contributed by atoms with Gasteiger partial charge in [-0.3, -0.25) is 0 Å². The van der Waals surface area contributed by atoms with E-state index in [0.717, 1.165) is 28.5 Å². The number of hydrogen-bond acceptors (Lipinski definition) is 2. The molecule has 4 nitrogen and oxygen atoms in total. The van der Waals surface area contributed by atoms with Gasteiger partial charge in [0.1, 0.15) is 11.4 Å². The summed E-state index contributed by atoms with van der Waals surface area (Å²) in [5, 5.41) is 19.8. The van der Waals surface area contributed by atoms with Crippen molar-refractivity contribution in [2.24, 2.45) is 0 Å². The van der Waals surface area contributed by atoms with E-state index in [-0.39, 0.29) is 17.4 Å². The summed E-state index contributed by atoms with van der Waals surface area (Å²) in [7, 11) is 0. The second-order valence-electron chi connectivity index (χ2n) is 5.58. The van der Waals surface area contributed by atoms with Crippen molar-refractivity contribution >= 4 is 16.9 Å². The van der Waals surface area contributed by atoms with E-state index in [0.29, 0.717) is 0 Å². The number of para-hydroxylation sites is 1. The van der Waals surface area contributed by atoms with E-state index >= 15 is 0 Å². The third-order valence-corrected chi connectivity index (χ3v) is 3.96. The molecule has 0 bridgehead atoms. The molecule has 3 rings (SSSR count). The molecule has 0 amide bonds. The Labute approximate surface area is 139 Å². The van der Waals surface area contributed by atoms with E-state index in [1.165, 1.54) is 0 Å². The number of carboxylic acids is 1. The maximum Gasteiger partial charge on any atom is 0.352 e. The van der Waals surface area contributed by atoms with Crippen molar-refractivity contribution in [3.05, 3.63) is 65.4 Å². The fourth-order valence-electron chi connectivity index (χ4n) is 2.68. The van der Waals surface area contributed by atoms with Crippen molar-refractivity contribution in [2.75, 3.05) is 0 Å². The van der Waals surface area contributed by atoms with E-state index in [9.17, 15) is 9.90 Å². The quantitative estimate of drug-likeness (QED) is 0.636. The fourth-order valence-corrected chi connectivity index (χ4v) is 2.68. The smallest absolute Gasteiger partial charge is 0.352 e. The number of fused-ring (bicyclic) bond motifs is 1. The Bertz CT molecular complexity index is 960. The first-order valence-electron chi connectivity index (χ1n) is 7.74. The van der Waals surface area contributed by atoms with E-state index in [1.807, 2.05) is 37.3 Å². The molecule has 0 fully saturated rings. The number of rotatable bonds is 3. The normalized spacial score (nSPS) is 11.7. The Morgan fingerprint density at radius 2 is 2.00 bits per heavy atom. The molecule has 2 aromatic carbocycles. The molecular formula is C20H17NO3. The van der Waals surface area contributed by atoms with Crippen LogP contribution in [-0.2, 0) is 0 Å². The van der Waals surface area contributed by atoms with Gasteiger partial charge in [0, 0.05) is 27.9 Å². The van der Waals surface area contributed by atoms with Crippen molar-refractivity contribution in [1.29, 1.82) is 0 Å². The highest BCUT2D eigenvalue weighted by Gasteiger charge is 2.10. The third-order valence-electron chi connectivity index (χ3n) is 3.96. The number of aromatic nitrogens is 1. The zero-order valence-electron chi connectivity index (χ0n) is 13.2. The molecule has 0 saturated heterocycles. The van der Waals surface area contributed by atoms with Crippen LogP contribution in [0.1, 0.15) is 40.9 Å². The number of phenols is 1. The summed E-state index contributed by atoms with van der Waals surface area (Å²) in [4.78, 5) is 13.9. The number of nitrogens with one attached hydrogen (secondary N) is 1. The number of carboxylic acid groups (broad SMARTS) is 1. The Hall–Kier alpha value is -3.19. The number of H-pyrrole nitrogens is 1. The van der Waals surface area contributed by atoms with Crippen molar-refractivity contribution < 1.29 is 15.0 Å². The van der Waals surface area contributed by atoms with Gasteiger partial charge in [0.2, 0.25) is 0 Å². The molecule has 120 valence electrons. The number of aromatic hydroxyl groups is 1. The van der Waals surface area contributed by atoms with Crippen LogP contribution in [0.5, 0.6) is 5.75 Å². The van der Waals surface area contributed by atoms with Gasteiger partial charge >= 0.3 is 5.97 Å². The predicted molar refractivity (Wildman–Crippen MR) is 93.3 cm³/mol. The molecule has 24 heavy (non-hydrogen) atoms. The highest BCUT2D eigenvalue weighted by Crippen LogP contribution is 2.27. The zero-order chi connectivity index (χ0) is 17.1. The van der Waals surface area contributed by atoms with Gasteiger partial charge < -0.3 is 15.2 Å². The van der Waals surface area contributed by atoms with Gasteiger partial charge in [-0.2, -0.15) is 0 Å². The minimum atomic E-state index is -0.982. The van der Waals surface area contributed by atoms with Gasteiger partial charge in [-0.25, -0.2) is 4.79 Å². The summed E-state index contributed by atoms with van der Waals surface area (Å²) in [6.45, 7) is 2.03. The number of carbonyl (C=O) groups is 1. The number of aromatic carboxylic acids is 1. The summed E-state index contributed by atoms with van der Waals surface area (Å²) in [6, 6.07) is 14.4. The number of aromatic amines is 1. The molecule has 4 heteroatoms. The lowest BCUT2D eigenvalue weighted by atomic mass is 9.96. The second kappa shape index (κ2) is 6.51. The minimum absolute atomic E-state index is 0.0531. The van der Waals surface area contributed by atoms with E-state index in [2.05, 4.69) is 16.8 Å². The van der Waals surface area contributed by atoms with E-state index in [1.54, 1.807) is 18.2 Å². The molecule has 1 atom stereocenters. The molecule has 0 aliphatic heterocycles. The summed E-state index contributed by atoms with van der Waals surface area (Å²) in [6.07, 6.45) is 0.792. The van der Waals surface area contributed by atoms with Crippen molar-refractivity contribution in [3.8, 4) is 17.6 Å². The first-order chi connectivity index (χ1) is 11.6. The molecule has 3 N–H and O–H groups in total.